The summed E-state index contributed by atoms with van der Waals surface area (Å²) in [6.07, 6.45) is 1.13. The molecule has 0 fully saturated rings. The van der Waals surface area contributed by atoms with Crippen LogP contribution < -0.4 is 10.6 Å². The Morgan fingerprint density at radius 2 is 2.33 bits per heavy atom. The van der Waals surface area contributed by atoms with Crippen molar-refractivity contribution >= 4 is 17.5 Å². The molecule has 18 heavy (non-hydrogen) atoms. The molecule has 0 aliphatic carbocycles. The number of nitrogens with one attached hydrogen (secondary N) is 2. The second-order valence-electron chi connectivity index (χ2n) is 3.20. The van der Waals surface area contributed by atoms with E-state index in [2.05, 4.69) is 20.6 Å². The first-order valence-electron chi connectivity index (χ1n) is 5.30. The normalized spacial score (nSPS) is 10.1. The molecule has 9 nitrogen and oxygen atoms in total. The predicted octanol–water partition coefficient (Wildman–Crippen LogP) is -0.153. The molecular formula is C9H15N5O4. The zero-order chi connectivity index (χ0) is 13.4. The molecule has 1 rings (SSSR count). The van der Waals surface area contributed by atoms with E-state index in [0.717, 1.165) is 6.20 Å². The molecule has 0 aromatic carbocycles. The lowest BCUT2D eigenvalue weighted by molar-refractivity contribution is -0.384. The van der Waals surface area contributed by atoms with Gasteiger partial charge in [0.2, 0.25) is 11.8 Å². The van der Waals surface area contributed by atoms with Gasteiger partial charge in [-0.1, -0.05) is 0 Å². The molecule has 0 unspecified atom stereocenters. The molecular weight excluding hydrogens is 242 g/mol. The highest BCUT2D eigenvalue weighted by Gasteiger charge is 2.16. The zero-order valence-electron chi connectivity index (χ0n) is 9.92. The summed E-state index contributed by atoms with van der Waals surface area (Å²) in [5.41, 5.74) is -0.198. The largest absolute Gasteiger partial charge is 0.394 e. The fourth-order valence-corrected chi connectivity index (χ4v) is 1.17. The maximum absolute atomic E-state index is 10.8. The highest BCUT2D eigenvalue weighted by Crippen LogP contribution is 2.21. The Hall–Kier alpha value is -2.00. The molecule has 0 aliphatic rings. The Labute approximate surface area is 103 Å². The first kappa shape index (κ1) is 14.1. The van der Waals surface area contributed by atoms with Gasteiger partial charge in [-0.05, 0) is 0 Å². The van der Waals surface area contributed by atoms with Crippen LogP contribution in [0.3, 0.4) is 0 Å². The van der Waals surface area contributed by atoms with Crippen molar-refractivity contribution in [3.05, 3.63) is 16.3 Å². The van der Waals surface area contributed by atoms with E-state index in [0.29, 0.717) is 19.1 Å². The van der Waals surface area contributed by atoms with Crippen LogP contribution in [0.1, 0.15) is 0 Å². The van der Waals surface area contributed by atoms with Gasteiger partial charge in [0.25, 0.3) is 0 Å². The van der Waals surface area contributed by atoms with E-state index >= 15 is 0 Å². The third kappa shape index (κ3) is 4.11. The Kier molecular flexibility index (Phi) is 5.74. The molecule has 1 heterocycles. The number of rotatable bonds is 8. The summed E-state index contributed by atoms with van der Waals surface area (Å²) >= 11 is 0. The average molecular weight is 257 g/mol. The van der Waals surface area contributed by atoms with Crippen molar-refractivity contribution in [2.24, 2.45) is 0 Å². The molecule has 0 aliphatic heterocycles. The first-order valence-corrected chi connectivity index (χ1v) is 5.30. The van der Waals surface area contributed by atoms with Gasteiger partial charge in [0.15, 0.2) is 0 Å². The summed E-state index contributed by atoms with van der Waals surface area (Å²) in [5.74, 6) is 0.423. The Bertz CT molecular complexity index is 401. The summed E-state index contributed by atoms with van der Waals surface area (Å²) in [5, 5.41) is 24.7. The zero-order valence-corrected chi connectivity index (χ0v) is 9.92. The minimum absolute atomic E-state index is 0.0580. The standard InChI is InChI=1S/C9H15N5O4/c1-10-9-12-6-7(14(16)17)8(13-9)11-2-4-18-5-3-15/h6,15H,2-5H2,1H3,(H2,10,11,12,13). The van der Waals surface area contributed by atoms with Crippen LogP contribution in [-0.4, -0.2) is 53.4 Å². The Morgan fingerprint density at radius 1 is 1.56 bits per heavy atom. The van der Waals surface area contributed by atoms with Gasteiger partial charge in [0, 0.05) is 13.6 Å². The van der Waals surface area contributed by atoms with E-state index < -0.39 is 4.92 Å². The second kappa shape index (κ2) is 7.35. The molecule has 1 aromatic heterocycles. The lowest BCUT2D eigenvalue weighted by Gasteiger charge is -2.07. The summed E-state index contributed by atoms with van der Waals surface area (Å²) < 4.78 is 5.02. The summed E-state index contributed by atoms with van der Waals surface area (Å²) in [6, 6.07) is 0. The molecule has 0 bridgehead atoms. The average Bonchev–Trinajstić information content (AvgIpc) is 2.38. The van der Waals surface area contributed by atoms with Crippen molar-refractivity contribution in [3.63, 3.8) is 0 Å². The quantitative estimate of drug-likeness (QED) is 0.334. The highest BCUT2D eigenvalue weighted by molar-refractivity contribution is 5.56. The van der Waals surface area contributed by atoms with Crippen molar-refractivity contribution in [2.75, 3.05) is 44.0 Å². The van der Waals surface area contributed by atoms with Crippen LogP contribution >= 0.6 is 0 Å². The molecule has 100 valence electrons. The monoisotopic (exact) mass is 257 g/mol. The van der Waals surface area contributed by atoms with Crippen molar-refractivity contribution in [1.29, 1.82) is 0 Å². The Morgan fingerprint density at radius 3 is 2.94 bits per heavy atom. The van der Waals surface area contributed by atoms with Crippen LogP contribution in [0.25, 0.3) is 0 Å². The van der Waals surface area contributed by atoms with E-state index in [1.807, 2.05) is 0 Å². The van der Waals surface area contributed by atoms with Gasteiger partial charge < -0.3 is 20.5 Å². The van der Waals surface area contributed by atoms with E-state index in [1.54, 1.807) is 7.05 Å². The lowest BCUT2D eigenvalue weighted by Crippen LogP contribution is -2.14. The second-order valence-corrected chi connectivity index (χ2v) is 3.20. The van der Waals surface area contributed by atoms with Crippen molar-refractivity contribution in [3.8, 4) is 0 Å². The molecule has 3 N–H and O–H groups in total. The summed E-state index contributed by atoms with van der Waals surface area (Å²) in [6.45, 7) is 0.838. The maximum Gasteiger partial charge on any atom is 0.329 e. The first-order chi connectivity index (χ1) is 8.69. The fraction of sp³-hybridized carbons (Fsp3) is 0.556. The SMILES string of the molecule is CNc1ncc([N+](=O)[O-])c(NCCOCCO)n1. The fourth-order valence-electron chi connectivity index (χ4n) is 1.17. The van der Waals surface area contributed by atoms with E-state index in [9.17, 15) is 10.1 Å². The van der Waals surface area contributed by atoms with Gasteiger partial charge in [-0.15, -0.1) is 0 Å². The third-order valence-electron chi connectivity index (χ3n) is 1.96. The lowest BCUT2D eigenvalue weighted by atomic mass is 10.4. The number of aliphatic hydroxyl groups excluding tert-OH is 1. The third-order valence-corrected chi connectivity index (χ3v) is 1.96. The van der Waals surface area contributed by atoms with Gasteiger partial charge >= 0.3 is 5.69 Å². The van der Waals surface area contributed by atoms with Gasteiger partial charge in [-0.3, -0.25) is 10.1 Å². The number of anilines is 2. The van der Waals surface area contributed by atoms with Gasteiger partial charge in [-0.2, -0.15) is 4.98 Å². The molecule has 9 heteroatoms. The van der Waals surface area contributed by atoms with Crippen molar-refractivity contribution < 1.29 is 14.8 Å². The van der Waals surface area contributed by atoms with Crippen molar-refractivity contribution in [1.82, 2.24) is 9.97 Å². The number of nitro groups is 1. The molecule has 0 saturated heterocycles. The van der Waals surface area contributed by atoms with E-state index in [4.69, 9.17) is 9.84 Å². The number of ether oxygens (including phenoxy) is 1. The molecule has 0 saturated carbocycles. The Balaban J connectivity index is 2.63. The molecule has 0 amide bonds. The van der Waals surface area contributed by atoms with Crippen molar-refractivity contribution in [2.45, 2.75) is 0 Å². The van der Waals surface area contributed by atoms with Gasteiger partial charge in [0.05, 0.1) is 24.7 Å². The number of nitrogens with zero attached hydrogens (tertiary/aromatic N) is 3. The predicted molar refractivity (Wildman–Crippen MR) is 64.6 cm³/mol. The molecule has 1 aromatic rings. The minimum Gasteiger partial charge on any atom is -0.394 e. The topological polar surface area (TPSA) is 122 Å². The minimum atomic E-state index is -0.559. The van der Waals surface area contributed by atoms with Crippen LogP contribution in [0.15, 0.2) is 6.20 Å². The molecule has 0 atom stereocenters. The van der Waals surface area contributed by atoms with Crippen LogP contribution in [0, 0.1) is 10.1 Å². The number of aliphatic hydroxyl groups is 1. The van der Waals surface area contributed by atoms with E-state index in [-0.39, 0.29) is 24.7 Å². The smallest absolute Gasteiger partial charge is 0.329 e. The van der Waals surface area contributed by atoms with E-state index in [1.165, 1.54) is 0 Å². The van der Waals surface area contributed by atoms with Crippen LogP contribution in [0.5, 0.6) is 0 Å². The van der Waals surface area contributed by atoms with Gasteiger partial charge in [-0.25, -0.2) is 4.98 Å². The summed E-state index contributed by atoms with van der Waals surface area (Å²) in [4.78, 5) is 17.9. The number of hydrogen-bond acceptors (Lipinski definition) is 8. The van der Waals surface area contributed by atoms with Crippen LogP contribution in [0.4, 0.5) is 17.5 Å². The number of hydrogen-bond donors (Lipinski definition) is 3. The highest BCUT2D eigenvalue weighted by atomic mass is 16.6. The van der Waals surface area contributed by atoms with Gasteiger partial charge in [0.1, 0.15) is 6.20 Å². The number of aromatic nitrogens is 2. The van der Waals surface area contributed by atoms with Crippen LogP contribution in [-0.2, 0) is 4.74 Å². The summed E-state index contributed by atoms with van der Waals surface area (Å²) in [7, 11) is 1.62. The maximum atomic E-state index is 10.8. The van der Waals surface area contributed by atoms with Crippen LogP contribution in [0.2, 0.25) is 0 Å². The molecule has 0 radical (unpaired) electrons. The molecule has 0 spiro atoms.